The van der Waals surface area contributed by atoms with E-state index in [0.717, 1.165) is 5.19 Å². The summed E-state index contributed by atoms with van der Waals surface area (Å²) in [6.07, 6.45) is 11.0. The summed E-state index contributed by atoms with van der Waals surface area (Å²) in [5.74, 6) is -9.70. The van der Waals surface area contributed by atoms with Crippen LogP contribution >= 0.6 is 0 Å². The molecule has 0 aliphatic rings. The van der Waals surface area contributed by atoms with E-state index in [0.29, 0.717) is 0 Å². The summed E-state index contributed by atoms with van der Waals surface area (Å²) in [7, 11) is -2.80. The molecule has 0 radical (unpaired) electrons. The van der Waals surface area contributed by atoms with Crippen molar-refractivity contribution >= 4 is 13.3 Å². The van der Waals surface area contributed by atoms with Crippen molar-refractivity contribution < 1.29 is 22.0 Å². The van der Waals surface area contributed by atoms with Crippen LogP contribution in [0.3, 0.4) is 0 Å². The van der Waals surface area contributed by atoms with Crippen molar-refractivity contribution in [1.29, 1.82) is 0 Å². The summed E-state index contributed by atoms with van der Waals surface area (Å²) >= 11 is 0. The Morgan fingerprint density at radius 1 is 0.760 bits per heavy atom. The third-order valence-corrected chi connectivity index (χ3v) is 7.45. The van der Waals surface area contributed by atoms with Gasteiger partial charge in [0.2, 0.25) is 13.9 Å². The fourth-order valence-electron chi connectivity index (χ4n) is 2.62. The molecule has 2 aromatic carbocycles. The van der Waals surface area contributed by atoms with Crippen molar-refractivity contribution in [3.63, 3.8) is 0 Å². The highest BCUT2D eigenvalue weighted by atomic mass is 28.3. The first kappa shape index (κ1) is 18.8. The molecular weight excluding hydrogens is 351 g/mol. The molecule has 0 aliphatic heterocycles. The molecule has 0 atom stereocenters. The third-order valence-electron chi connectivity index (χ3n) is 4.04. The second kappa shape index (κ2) is 7.54. The van der Waals surface area contributed by atoms with Crippen LogP contribution in [-0.2, 0) is 6.42 Å². The third kappa shape index (κ3) is 3.45. The predicted molar refractivity (Wildman–Crippen MR) is 88.9 cm³/mol. The molecule has 0 heterocycles. The number of terminal acetylenes is 2. The fraction of sp³-hybridized carbons (Fsp3) is 0.158. The maximum absolute atomic E-state index is 13.7. The van der Waals surface area contributed by atoms with E-state index in [-0.39, 0.29) is 18.9 Å². The Bertz CT molecular complexity index is 819. The topological polar surface area (TPSA) is 0 Å². The molecule has 2 rings (SSSR count). The van der Waals surface area contributed by atoms with E-state index in [9.17, 15) is 22.0 Å². The quantitative estimate of drug-likeness (QED) is 0.247. The van der Waals surface area contributed by atoms with Crippen molar-refractivity contribution in [2.24, 2.45) is 0 Å². The van der Waals surface area contributed by atoms with Gasteiger partial charge in [0.1, 0.15) is 0 Å². The molecule has 128 valence electrons. The van der Waals surface area contributed by atoms with Gasteiger partial charge >= 0.3 is 0 Å². The van der Waals surface area contributed by atoms with Crippen molar-refractivity contribution in [3.8, 4) is 23.9 Å². The van der Waals surface area contributed by atoms with E-state index >= 15 is 0 Å². The van der Waals surface area contributed by atoms with Crippen LogP contribution in [0.1, 0.15) is 12.0 Å². The zero-order valence-corrected chi connectivity index (χ0v) is 14.1. The van der Waals surface area contributed by atoms with Crippen LogP contribution in [0.15, 0.2) is 30.3 Å². The Morgan fingerprint density at radius 2 is 1.24 bits per heavy atom. The summed E-state index contributed by atoms with van der Waals surface area (Å²) in [5, 5.41) is 0.789. The lowest BCUT2D eigenvalue weighted by Crippen LogP contribution is -2.45. The highest BCUT2D eigenvalue weighted by Gasteiger charge is 2.32. The first-order chi connectivity index (χ1) is 11.9. The van der Waals surface area contributed by atoms with Crippen molar-refractivity contribution in [2.45, 2.75) is 18.9 Å². The van der Waals surface area contributed by atoms with Crippen molar-refractivity contribution in [3.05, 3.63) is 65.0 Å². The smallest absolute Gasteiger partial charge is 0.203 e. The average molecular weight is 364 g/mol. The first-order valence-electron chi connectivity index (χ1n) is 7.39. The standard InChI is InChI=1S/C19H13F5Si/c1-3-25(4-2,13-9-6-5-7-10-13)12-8-11-14-15(20)17(22)19(24)18(23)16(14)21/h1-2,5-7,9-10H,8,11-12H2. The maximum atomic E-state index is 13.7. The molecule has 2 aromatic rings. The molecule has 0 amide bonds. The largest absolute Gasteiger partial charge is 0.245 e. The molecule has 6 heteroatoms. The molecule has 0 nitrogen and oxygen atoms in total. The highest BCUT2D eigenvalue weighted by Crippen LogP contribution is 2.25. The Kier molecular flexibility index (Phi) is 5.66. The van der Waals surface area contributed by atoms with Gasteiger partial charge in [0.25, 0.3) is 0 Å². The lowest BCUT2D eigenvalue weighted by Gasteiger charge is -2.20. The fourth-order valence-corrected chi connectivity index (χ4v) is 5.08. The lowest BCUT2D eigenvalue weighted by molar-refractivity contribution is 0.369. The van der Waals surface area contributed by atoms with Crippen LogP contribution in [0.2, 0.25) is 6.04 Å². The van der Waals surface area contributed by atoms with Crippen LogP contribution in [0.4, 0.5) is 22.0 Å². The van der Waals surface area contributed by atoms with Gasteiger partial charge in [-0.2, -0.15) is 0 Å². The van der Waals surface area contributed by atoms with Crippen LogP contribution < -0.4 is 5.19 Å². The van der Waals surface area contributed by atoms with Gasteiger partial charge in [-0.3, -0.25) is 0 Å². The van der Waals surface area contributed by atoms with Crippen molar-refractivity contribution in [1.82, 2.24) is 0 Å². The van der Waals surface area contributed by atoms with Gasteiger partial charge in [0.05, 0.1) is 0 Å². The Hall–Kier alpha value is -2.57. The zero-order valence-electron chi connectivity index (χ0n) is 13.1. The second-order valence-corrected chi connectivity index (χ2v) is 8.93. The van der Waals surface area contributed by atoms with E-state index in [1.54, 1.807) is 30.3 Å². The summed E-state index contributed by atoms with van der Waals surface area (Å²) < 4.78 is 67.0. The minimum Gasteiger partial charge on any atom is -0.203 e. The Balaban J connectivity index is 2.26. The number of rotatable bonds is 5. The molecule has 0 aliphatic carbocycles. The zero-order chi connectivity index (χ0) is 18.6. The van der Waals surface area contributed by atoms with Gasteiger partial charge < -0.3 is 0 Å². The monoisotopic (exact) mass is 364 g/mol. The number of hydrogen-bond acceptors (Lipinski definition) is 0. The van der Waals surface area contributed by atoms with Crippen molar-refractivity contribution in [2.75, 3.05) is 0 Å². The van der Waals surface area contributed by atoms with Crippen LogP contribution in [-0.4, -0.2) is 8.07 Å². The molecule has 0 saturated heterocycles. The molecule has 25 heavy (non-hydrogen) atoms. The first-order valence-corrected chi connectivity index (χ1v) is 9.60. The minimum absolute atomic E-state index is 0.105. The molecular formula is C19H13F5Si. The molecule has 0 unspecified atom stereocenters. The molecule has 0 N–H and O–H groups in total. The van der Waals surface area contributed by atoms with E-state index in [1.807, 2.05) is 0 Å². The highest BCUT2D eigenvalue weighted by molar-refractivity contribution is 7.04. The van der Waals surface area contributed by atoms with E-state index in [4.69, 9.17) is 12.8 Å². The summed E-state index contributed by atoms with van der Waals surface area (Å²) in [4.78, 5) is 0. The lowest BCUT2D eigenvalue weighted by atomic mass is 10.1. The average Bonchev–Trinajstić information content (AvgIpc) is 2.65. The number of benzene rings is 2. The molecule has 0 aromatic heterocycles. The molecule has 0 saturated carbocycles. The van der Waals surface area contributed by atoms with Gasteiger partial charge in [-0.25, -0.2) is 22.0 Å². The van der Waals surface area contributed by atoms with Gasteiger partial charge in [-0.05, 0) is 24.1 Å². The van der Waals surface area contributed by atoms with Crippen LogP contribution in [0, 0.1) is 53.0 Å². The summed E-state index contributed by atoms with van der Waals surface area (Å²) in [6, 6.07) is 9.17. The normalized spacial score (nSPS) is 11.0. The Morgan fingerprint density at radius 3 is 1.72 bits per heavy atom. The molecule has 0 spiro atoms. The van der Waals surface area contributed by atoms with Crippen LogP contribution in [0.25, 0.3) is 0 Å². The van der Waals surface area contributed by atoms with Crippen LogP contribution in [0.5, 0.6) is 0 Å². The van der Waals surface area contributed by atoms with Gasteiger partial charge in [-0.15, -0.1) is 23.9 Å². The van der Waals surface area contributed by atoms with E-state index in [2.05, 4.69) is 11.1 Å². The Labute approximate surface area is 143 Å². The SMILES string of the molecule is C#C[Si](C#C)(CCCc1c(F)c(F)c(F)c(F)c1F)c1ccccc1. The molecule has 0 fully saturated rings. The van der Waals surface area contributed by atoms with E-state index < -0.39 is 42.7 Å². The summed E-state index contributed by atoms with van der Waals surface area (Å²) in [5.41, 5.74) is 4.43. The molecule has 0 bridgehead atoms. The number of hydrogen-bond donors (Lipinski definition) is 0. The van der Waals surface area contributed by atoms with Gasteiger partial charge in [0.15, 0.2) is 23.3 Å². The summed E-state index contributed by atoms with van der Waals surface area (Å²) in [6.45, 7) is 0. The van der Waals surface area contributed by atoms with Gasteiger partial charge in [0, 0.05) is 5.56 Å². The minimum atomic E-state index is -2.80. The number of halogens is 5. The maximum Gasteiger partial charge on any atom is 0.245 e. The van der Waals surface area contributed by atoms with Gasteiger partial charge in [-0.1, -0.05) is 30.3 Å². The van der Waals surface area contributed by atoms with E-state index in [1.165, 1.54) is 0 Å². The predicted octanol–water partition coefficient (Wildman–Crippen LogP) is 4.02. The second-order valence-electron chi connectivity index (χ2n) is 5.46.